The highest BCUT2D eigenvalue weighted by Gasteiger charge is 2.12. The smallest absolute Gasteiger partial charge is 0.256 e. The molecule has 104 valence electrons. The Hall–Kier alpha value is -2.01. The summed E-state index contributed by atoms with van der Waals surface area (Å²) in [6, 6.07) is 9.26. The van der Waals surface area contributed by atoms with Crippen molar-refractivity contribution in [1.82, 2.24) is 0 Å². The van der Waals surface area contributed by atoms with Crippen LogP contribution in [-0.2, 0) is 0 Å². The van der Waals surface area contributed by atoms with Crippen molar-refractivity contribution >= 4 is 24.2 Å². The second kappa shape index (κ2) is 5.96. The molecule has 3 nitrogen and oxygen atoms in total. The molecular weight excluding hydrogens is 277 g/mol. The number of halogens is 1. The number of aryl methyl sites for hydroxylation is 1. The van der Waals surface area contributed by atoms with E-state index < -0.39 is 5.82 Å². The van der Waals surface area contributed by atoms with Crippen molar-refractivity contribution in [3.63, 3.8) is 0 Å². The van der Waals surface area contributed by atoms with Crippen LogP contribution in [0.5, 0.6) is 5.75 Å². The molecule has 0 spiro atoms. The SMILES string of the molecule is COc1cc(F)ccc1NC(=O)c1cc(S)ccc1C. The molecule has 5 heteroatoms. The van der Waals surface area contributed by atoms with E-state index in [1.807, 2.05) is 19.1 Å². The summed E-state index contributed by atoms with van der Waals surface area (Å²) in [6.45, 7) is 1.84. The lowest BCUT2D eigenvalue weighted by atomic mass is 10.1. The van der Waals surface area contributed by atoms with Crippen molar-refractivity contribution in [3.8, 4) is 5.75 Å². The first-order valence-electron chi connectivity index (χ1n) is 5.96. The highest BCUT2D eigenvalue weighted by Crippen LogP contribution is 2.26. The zero-order valence-corrected chi connectivity index (χ0v) is 12.0. The Morgan fingerprint density at radius 1 is 1.25 bits per heavy atom. The van der Waals surface area contributed by atoms with Crippen molar-refractivity contribution < 1.29 is 13.9 Å². The third-order valence-corrected chi connectivity index (χ3v) is 3.16. The highest BCUT2D eigenvalue weighted by molar-refractivity contribution is 7.80. The maximum atomic E-state index is 13.1. The molecule has 0 aliphatic rings. The Bertz CT molecular complexity index is 658. The van der Waals surface area contributed by atoms with Gasteiger partial charge in [-0.1, -0.05) is 6.07 Å². The van der Waals surface area contributed by atoms with Gasteiger partial charge >= 0.3 is 0 Å². The molecule has 2 rings (SSSR count). The minimum Gasteiger partial charge on any atom is -0.494 e. The molecule has 0 saturated heterocycles. The van der Waals surface area contributed by atoms with Gasteiger partial charge in [-0.15, -0.1) is 12.6 Å². The summed E-state index contributed by atoms with van der Waals surface area (Å²) in [4.78, 5) is 12.9. The van der Waals surface area contributed by atoms with Gasteiger partial charge in [0.05, 0.1) is 12.8 Å². The zero-order valence-electron chi connectivity index (χ0n) is 11.1. The van der Waals surface area contributed by atoms with E-state index in [2.05, 4.69) is 17.9 Å². The molecule has 0 radical (unpaired) electrons. The number of nitrogens with one attached hydrogen (secondary N) is 1. The first kappa shape index (κ1) is 14.4. The van der Waals surface area contributed by atoms with Gasteiger partial charge in [0.15, 0.2) is 0 Å². The number of methoxy groups -OCH3 is 1. The van der Waals surface area contributed by atoms with Crippen LogP contribution >= 0.6 is 12.6 Å². The minimum absolute atomic E-state index is 0.276. The number of anilines is 1. The van der Waals surface area contributed by atoms with Gasteiger partial charge in [0, 0.05) is 16.5 Å². The van der Waals surface area contributed by atoms with Crippen LogP contribution in [-0.4, -0.2) is 13.0 Å². The van der Waals surface area contributed by atoms with E-state index >= 15 is 0 Å². The van der Waals surface area contributed by atoms with Crippen LogP contribution in [0.15, 0.2) is 41.3 Å². The number of hydrogen-bond acceptors (Lipinski definition) is 3. The van der Waals surface area contributed by atoms with Crippen molar-refractivity contribution in [3.05, 3.63) is 53.3 Å². The third-order valence-electron chi connectivity index (χ3n) is 2.88. The minimum atomic E-state index is -0.423. The number of hydrogen-bond donors (Lipinski definition) is 2. The van der Waals surface area contributed by atoms with Crippen LogP contribution in [0.2, 0.25) is 0 Å². The number of carbonyl (C=O) groups is 1. The standard InChI is InChI=1S/C15H14FNO2S/c1-9-3-5-11(20)8-12(9)15(18)17-13-6-4-10(16)7-14(13)19-2/h3-8,20H,1-2H3,(H,17,18). The van der Waals surface area contributed by atoms with Crippen LogP contribution in [0, 0.1) is 12.7 Å². The average Bonchev–Trinajstić information content (AvgIpc) is 2.43. The number of benzene rings is 2. The molecule has 0 saturated carbocycles. The van der Waals surface area contributed by atoms with Gasteiger partial charge in [0.1, 0.15) is 11.6 Å². The van der Waals surface area contributed by atoms with Crippen LogP contribution in [0.1, 0.15) is 15.9 Å². The lowest BCUT2D eigenvalue weighted by Gasteiger charge is -2.11. The summed E-state index contributed by atoms with van der Waals surface area (Å²) in [5.74, 6) is -0.435. The van der Waals surface area contributed by atoms with Gasteiger partial charge in [0.25, 0.3) is 5.91 Å². The maximum absolute atomic E-state index is 13.1. The molecular formula is C15H14FNO2S. The number of carbonyl (C=O) groups excluding carboxylic acids is 1. The van der Waals surface area contributed by atoms with E-state index in [1.165, 1.54) is 25.3 Å². The number of rotatable bonds is 3. The normalized spacial score (nSPS) is 10.2. The molecule has 20 heavy (non-hydrogen) atoms. The van der Waals surface area contributed by atoms with E-state index in [0.29, 0.717) is 16.1 Å². The summed E-state index contributed by atoms with van der Waals surface area (Å²) in [5.41, 5.74) is 1.77. The maximum Gasteiger partial charge on any atom is 0.256 e. The first-order valence-corrected chi connectivity index (χ1v) is 6.40. The molecule has 0 fully saturated rings. The summed E-state index contributed by atoms with van der Waals surface area (Å²) >= 11 is 4.22. The lowest BCUT2D eigenvalue weighted by Crippen LogP contribution is -2.14. The van der Waals surface area contributed by atoms with E-state index in [9.17, 15) is 9.18 Å². The molecule has 0 aromatic heterocycles. The van der Waals surface area contributed by atoms with Gasteiger partial charge in [0.2, 0.25) is 0 Å². The van der Waals surface area contributed by atoms with E-state index in [1.54, 1.807) is 6.07 Å². The van der Waals surface area contributed by atoms with Crippen molar-refractivity contribution in [2.24, 2.45) is 0 Å². The highest BCUT2D eigenvalue weighted by atomic mass is 32.1. The van der Waals surface area contributed by atoms with E-state index in [0.717, 1.165) is 5.56 Å². The molecule has 2 aromatic carbocycles. The van der Waals surface area contributed by atoms with Gasteiger partial charge in [-0.05, 0) is 36.8 Å². The fourth-order valence-electron chi connectivity index (χ4n) is 1.81. The Kier molecular flexibility index (Phi) is 4.29. The van der Waals surface area contributed by atoms with Gasteiger partial charge in [-0.25, -0.2) is 4.39 Å². The average molecular weight is 291 g/mol. The first-order chi connectivity index (χ1) is 9.51. The Morgan fingerprint density at radius 3 is 2.70 bits per heavy atom. The molecule has 0 aliphatic carbocycles. The molecule has 0 bridgehead atoms. The van der Waals surface area contributed by atoms with E-state index in [-0.39, 0.29) is 11.7 Å². The monoisotopic (exact) mass is 291 g/mol. The summed E-state index contributed by atoms with van der Waals surface area (Å²) in [6.07, 6.45) is 0. The summed E-state index contributed by atoms with van der Waals surface area (Å²) in [5, 5.41) is 2.71. The van der Waals surface area contributed by atoms with Crippen LogP contribution in [0.4, 0.5) is 10.1 Å². The molecule has 0 heterocycles. The lowest BCUT2D eigenvalue weighted by molar-refractivity contribution is 0.102. The van der Waals surface area contributed by atoms with Crippen LogP contribution < -0.4 is 10.1 Å². The number of thiol groups is 1. The third kappa shape index (κ3) is 3.11. The Morgan fingerprint density at radius 2 is 2.00 bits per heavy atom. The molecule has 2 aromatic rings. The molecule has 0 aliphatic heterocycles. The summed E-state index contributed by atoms with van der Waals surface area (Å²) in [7, 11) is 1.42. The fourth-order valence-corrected chi connectivity index (χ4v) is 2.02. The zero-order chi connectivity index (χ0) is 14.7. The quantitative estimate of drug-likeness (QED) is 0.847. The van der Waals surface area contributed by atoms with Gasteiger partial charge in [-0.2, -0.15) is 0 Å². The summed E-state index contributed by atoms with van der Waals surface area (Å²) < 4.78 is 18.2. The van der Waals surface area contributed by atoms with Crippen LogP contribution in [0.3, 0.4) is 0 Å². The fraction of sp³-hybridized carbons (Fsp3) is 0.133. The molecule has 0 unspecified atom stereocenters. The predicted molar refractivity (Wildman–Crippen MR) is 79.3 cm³/mol. The molecule has 1 N–H and O–H groups in total. The Labute approximate surface area is 122 Å². The van der Waals surface area contributed by atoms with Crippen molar-refractivity contribution in [2.45, 2.75) is 11.8 Å². The molecule has 1 amide bonds. The molecule has 0 atom stereocenters. The second-order valence-corrected chi connectivity index (χ2v) is 4.81. The Balaban J connectivity index is 2.30. The number of ether oxygens (including phenoxy) is 1. The predicted octanol–water partition coefficient (Wildman–Crippen LogP) is 3.68. The largest absolute Gasteiger partial charge is 0.494 e. The van der Waals surface area contributed by atoms with Crippen LogP contribution in [0.25, 0.3) is 0 Å². The van der Waals surface area contributed by atoms with Crippen molar-refractivity contribution in [2.75, 3.05) is 12.4 Å². The second-order valence-electron chi connectivity index (χ2n) is 4.30. The topological polar surface area (TPSA) is 38.3 Å². The van der Waals surface area contributed by atoms with Crippen molar-refractivity contribution in [1.29, 1.82) is 0 Å². The number of amides is 1. The van der Waals surface area contributed by atoms with Gasteiger partial charge < -0.3 is 10.1 Å². The van der Waals surface area contributed by atoms with E-state index in [4.69, 9.17) is 4.74 Å². The van der Waals surface area contributed by atoms with Gasteiger partial charge in [-0.3, -0.25) is 4.79 Å².